The molecule has 3 aromatic heterocycles. The summed E-state index contributed by atoms with van der Waals surface area (Å²) in [7, 11) is 0. The maximum absolute atomic E-state index is 4.27. The highest BCUT2D eigenvalue weighted by Gasteiger charge is 2.06. The van der Waals surface area contributed by atoms with E-state index in [1.54, 1.807) is 17.5 Å². The van der Waals surface area contributed by atoms with Crippen molar-refractivity contribution in [2.45, 2.75) is 6.42 Å². The van der Waals surface area contributed by atoms with Crippen molar-refractivity contribution in [3.8, 4) is 0 Å². The van der Waals surface area contributed by atoms with Crippen molar-refractivity contribution in [2.75, 3.05) is 0 Å². The number of fused-ring (bicyclic) bond motifs is 1. The van der Waals surface area contributed by atoms with Gasteiger partial charge in [-0.2, -0.15) is 0 Å². The summed E-state index contributed by atoms with van der Waals surface area (Å²) in [6, 6.07) is 4.05. The number of nitrogens with zero attached hydrogens (tertiary/aromatic N) is 2. The number of aromatic nitrogens is 3. The number of hydrogen-bond acceptors (Lipinski definition) is 3. The van der Waals surface area contributed by atoms with Gasteiger partial charge in [0, 0.05) is 35.3 Å². The predicted molar refractivity (Wildman–Crippen MR) is 68.7 cm³/mol. The van der Waals surface area contributed by atoms with Crippen LogP contribution < -0.4 is 0 Å². The Balaban J connectivity index is 2.00. The lowest BCUT2D eigenvalue weighted by Crippen LogP contribution is -1.82. The molecule has 0 amide bonds. The van der Waals surface area contributed by atoms with Gasteiger partial charge in [-0.05, 0) is 33.6 Å². The van der Waals surface area contributed by atoms with E-state index in [0.717, 1.165) is 16.0 Å². The Morgan fingerprint density at radius 3 is 3.12 bits per heavy atom. The summed E-state index contributed by atoms with van der Waals surface area (Å²) in [4.78, 5) is 12.9. The zero-order valence-corrected chi connectivity index (χ0v) is 10.7. The second-order valence-electron chi connectivity index (χ2n) is 3.47. The van der Waals surface area contributed by atoms with Crippen LogP contribution in [0.15, 0.2) is 34.6 Å². The van der Waals surface area contributed by atoms with Crippen LogP contribution in [0.2, 0.25) is 0 Å². The van der Waals surface area contributed by atoms with Crippen LogP contribution >= 0.6 is 27.3 Å². The van der Waals surface area contributed by atoms with Gasteiger partial charge in [0.2, 0.25) is 0 Å². The van der Waals surface area contributed by atoms with Crippen molar-refractivity contribution in [2.24, 2.45) is 0 Å². The normalized spacial score (nSPS) is 11.1. The lowest BCUT2D eigenvalue weighted by Gasteiger charge is -1.94. The first-order chi connectivity index (χ1) is 7.83. The minimum absolute atomic E-state index is 0.898. The summed E-state index contributed by atoms with van der Waals surface area (Å²) < 4.78 is 0.931. The van der Waals surface area contributed by atoms with E-state index >= 15 is 0 Å². The molecule has 80 valence electrons. The minimum Gasteiger partial charge on any atom is -0.346 e. The van der Waals surface area contributed by atoms with Crippen LogP contribution in [0.4, 0.5) is 0 Å². The average molecular weight is 294 g/mol. The van der Waals surface area contributed by atoms with Gasteiger partial charge >= 0.3 is 0 Å². The highest BCUT2D eigenvalue weighted by atomic mass is 79.9. The molecule has 0 radical (unpaired) electrons. The van der Waals surface area contributed by atoms with E-state index in [9.17, 15) is 0 Å². The van der Waals surface area contributed by atoms with E-state index < -0.39 is 0 Å². The molecule has 5 heteroatoms. The van der Waals surface area contributed by atoms with Crippen LogP contribution in [0.1, 0.15) is 10.4 Å². The number of nitrogens with one attached hydrogen (secondary N) is 1. The van der Waals surface area contributed by atoms with Crippen molar-refractivity contribution in [3.05, 3.63) is 45.1 Å². The van der Waals surface area contributed by atoms with Gasteiger partial charge in [0.1, 0.15) is 5.65 Å². The van der Waals surface area contributed by atoms with E-state index in [2.05, 4.69) is 36.9 Å². The molecule has 0 unspecified atom stereocenters. The standard InChI is InChI=1S/C11H8BrN3S/c12-11-15-6-8(16-11)4-7-5-14-10-9(7)2-1-3-13-10/h1-3,5-6H,4H2,(H,13,14). The van der Waals surface area contributed by atoms with Crippen LogP contribution in [0.3, 0.4) is 0 Å². The van der Waals surface area contributed by atoms with Crippen LogP contribution in [-0.2, 0) is 6.42 Å². The van der Waals surface area contributed by atoms with Gasteiger partial charge in [0.25, 0.3) is 0 Å². The SMILES string of the molecule is Brc1ncc(Cc2c[nH]c3ncccc23)s1. The molecule has 16 heavy (non-hydrogen) atoms. The Bertz CT molecular complexity index is 629. The van der Waals surface area contributed by atoms with Gasteiger partial charge in [-0.15, -0.1) is 11.3 Å². The van der Waals surface area contributed by atoms with E-state index in [1.165, 1.54) is 15.8 Å². The molecule has 1 N–H and O–H groups in total. The van der Waals surface area contributed by atoms with E-state index in [4.69, 9.17) is 0 Å². The third kappa shape index (κ3) is 1.76. The number of aromatic amines is 1. The summed E-state index contributed by atoms with van der Waals surface area (Å²) in [5.41, 5.74) is 2.21. The van der Waals surface area contributed by atoms with Crippen LogP contribution in [0.5, 0.6) is 0 Å². The maximum Gasteiger partial charge on any atom is 0.159 e. The Hall–Kier alpha value is -1.20. The molecule has 0 aromatic carbocycles. The van der Waals surface area contributed by atoms with Crippen molar-refractivity contribution in [1.82, 2.24) is 15.0 Å². The van der Waals surface area contributed by atoms with Gasteiger partial charge < -0.3 is 4.98 Å². The molecule has 3 rings (SSSR count). The first-order valence-corrected chi connectivity index (χ1v) is 6.45. The van der Waals surface area contributed by atoms with Gasteiger partial charge in [0.15, 0.2) is 3.92 Å². The van der Waals surface area contributed by atoms with Gasteiger partial charge in [0.05, 0.1) is 0 Å². The fourth-order valence-electron chi connectivity index (χ4n) is 1.71. The fraction of sp³-hybridized carbons (Fsp3) is 0.0909. The van der Waals surface area contributed by atoms with E-state index in [1.807, 2.05) is 18.5 Å². The molecule has 0 saturated carbocycles. The molecule has 0 bridgehead atoms. The third-order valence-corrected chi connectivity index (χ3v) is 3.90. The quantitative estimate of drug-likeness (QED) is 0.787. The number of rotatable bonds is 2. The summed E-state index contributed by atoms with van der Waals surface area (Å²) in [5.74, 6) is 0. The highest BCUT2D eigenvalue weighted by molar-refractivity contribution is 9.11. The van der Waals surface area contributed by atoms with Crippen molar-refractivity contribution < 1.29 is 0 Å². The Morgan fingerprint density at radius 2 is 2.31 bits per heavy atom. The topological polar surface area (TPSA) is 41.6 Å². The minimum atomic E-state index is 0.898. The molecule has 0 saturated heterocycles. The molecule has 0 aliphatic rings. The Kier molecular flexibility index (Phi) is 2.49. The van der Waals surface area contributed by atoms with E-state index in [0.29, 0.717) is 0 Å². The smallest absolute Gasteiger partial charge is 0.159 e. The van der Waals surface area contributed by atoms with Crippen LogP contribution in [0, 0.1) is 0 Å². The predicted octanol–water partition coefficient (Wildman–Crippen LogP) is 3.37. The molecule has 0 aliphatic heterocycles. The second kappa shape index (κ2) is 3.99. The summed E-state index contributed by atoms with van der Waals surface area (Å²) in [6.07, 6.45) is 6.62. The maximum atomic E-state index is 4.27. The number of halogens is 1. The summed E-state index contributed by atoms with van der Waals surface area (Å²) in [5, 5.41) is 1.19. The number of H-pyrrole nitrogens is 1. The highest BCUT2D eigenvalue weighted by Crippen LogP contribution is 2.24. The zero-order valence-electron chi connectivity index (χ0n) is 8.27. The molecule has 3 nitrogen and oxygen atoms in total. The second-order valence-corrected chi connectivity index (χ2v) is 5.86. The van der Waals surface area contributed by atoms with Crippen LogP contribution in [0.25, 0.3) is 11.0 Å². The molecule has 0 spiro atoms. The first kappa shape index (κ1) is 9.99. The number of thiazole rings is 1. The zero-order chi connectivity index (χ0) is 11.0. The summed E-state index contributed by atoms with van der Waals surface area (Å²) >= 11 is 5.04. The largest absolute Gasteiger partial charge is 0.346 e. The average Bonchev–Trinajstić information content (AvgIpc) is 2.87. The molecular formula is C11H8BrN3S. The van der Waals surface area contributed by atoms with Crippen LogP contribution in [-0.4, -0.2) is 15.0 Å². The number of hydrogen-bond donors (Lipinski definition) is 1. The monoisotopic (exact) mass is 293 g/mol. The van der Waals surface area contributed by atoms with Crippen molar-refractivity contribution in [3.63, 3.8) is 0 Å². The lowest BCUT2D eigenvalue weighted by molar-refractivity contribution is 1.22. The molecular weight excluding hydrogens is 286 g/mol. The molecule has 0 aliphatic carbocycles. The van der Waals surface area contributed by atoms with Crippen molar-refractivity contribution in [1.29, 1.82) is 0 Å². The molecule has 3 heterocycles. The van der Waals surface area contributed by atoms with E-state index in [-0.39, 0.29) is 0 Å². The summed E-state index contributed by atoms with van der Waals surface area (Å²) in [6.45, 7) is 0. The molecule has 0 fully saturated rings. The Labute approximate surface area is 105 Å². The van der Waals surface area contributed by atoms with Gasteiger partial charge in [-0.25, -0.2) is 9.97 Å². The molecule has 3 aromatic rings. The molecule has 0 atom stereocenters. The first-order valence-electron chi connectivity index (χ1n) is 4.84. The van der Waals surface area contributed by atoms with Crippen molar-refractivity contribution >= 4 is 38.3 Å². The number of pyridine rings is 1. The Morgan fingerprint density at radius 1 is 1.38 bits per heavy atom. The lowest BCUT2D eigenvalue weighted by atomic mass is 10.1. The third-order valence-electron chi connectivity index (χ3n) is 2.43. The fourth-order valence-corrected chi connectivity index (χ4v) is 3.09. The van der Waals surface area contributed by atoms with Gasteiger partial charge in [-0.1, -0.05) is 0 Å². The van der Waals surface area contributed by atoms with Gasteiger partial charge in [-0.3, -0.25) is 0 Å².